The molecule has 2 aromatic carbocycles. The van der Waals surface area contributed by atoms with Gasteiger partial charge in [0.15, 0.2) is 11.5 Å². The molecule has 0 spiro atoms. The van der Waals surface area contributed by atoms with Crippen LogP contribution < -0.4 is 14.9 Å². The average molecular weight is 445 g/mol. The standard InChI is InChI=1S/C16H14ClIN2O3/c1-22-14-7-11(13(17)8-15(14)23-2)9-19-20-16(21)10-4-3-5-12(18)6-10/h3-9H,1-2H3,(H,20,21)/b19-9-. The first kappa shape index (κ1) is 17.6. The Morgan fingerprint density at radius 1 is 1.22 bits per heavy atom. The summed E-state index contributed by atoms with van der Waals surface area (Å²) in [7, 11) is 3.06. The highest BCUT2D eigenvalue weighted by Crippen LogP contribution is 2.32. The lowest BCUT2D eigenvalue weighted by Crippen LogP contribution is -2.17. The number of methoxy groups -OCH3 is 2. The Kier molecular flexibility index (Phi) is 6.23. The predicted octanol–water partition coefficient (Wildman–Crippen LogP) is 3.73. The second kappa shape index (κ2) is 8.16. The van der Waals surface area contributed by atoms with Crippen molar-refractivity contribution in [1.82, 2.24) is 5.43 Å². The fraction of sp³-hybridized carbons (Fsp3) is 0.125. The van der Waals surface area contributed by atoms with Crippen molar-refractivity contribution in [2.45, 2.75) is 0 Å². The molecule has 0 unspecified atom stereocenters. The zero-order valence-electron chi connectivity index (χ0n) is 12.5. The number of hydrogen-bond donors (Lipinski definition) is 1. The predicted molar refractivity (Wildman–Crippen MR) is 98.8 cm³/mol. The molecule has 0 fully saturated rings. The summed E-state index contributed by atoms with van der Waals surface area (Å²) in [5, 5.41) is 4.37. The van der Waals surface area contributed by atoms with Gasteiger partial charge in [-0.1, -0.05) is 17.7 Å². The normalized spacial score (nSPS) is 10.6. The van der Waals surface area contributed by atoms with Crippen molar-refractivity contribution >= 4 is 46.3 Å². The molecule has 2 rings (SSSR count). The summed E-state index contributed by atoms with van der Waals surface area (Å²) in [5.41, 5.74) is 3.60. The van der Waals surface area contributed by atoms with E-state index >= 15 is 0 Å². The highest BCUT2D eigenvalue weighted by atomic mass is 127. The molecule has 1 amide bonds. The van der Waals surface area contributed by atoms with Crippen LogP contribution in [0.25, 0.3) is 0 Å². The number of carbonyl (C=O) groups excluding carboxylic acids is 1. The lowest BCUT2D eigenvalue weighted by molar-refractivity contribution is 0.0955. The molecule has 0 radical (unpaired) electrons. The summed E-state index contributed by atoms with van der Waals surface area (Å²) < 4.78 is 11.3. The van der Waals surface area contributed by atoms with E-state index in [1.54, 1.807) is 24.3 Å². The molecule has 0 aliphatic rings. The highest BCUT2D eigenvalue weighted by molar-refractivity contribution is 14.1. The van der Waals surface area contributed by atoms with Gasteiger partial charge in [-0.15, -0.1) is 0 Å². The van der Waals surface area contributed by atoms with Gasteiger partial charge < -0.3 is 9.47 Å². The van der Waals surface area contributed by atoms with E-state index in [1.165, 1.54) is 20.4 Å². The minimum Gasteiger partial charge on any atom is -0.493 e. The average Bonchev–Trinajstić information content (AvgIpc) is 2.55. The second-order valence-corrected chi connectivity index (χ2v) is 6.09. The Bertz CT molecular complexity index is 750. The summed E-state index contributed by atoms with van der Waals surface area (Å²) in [6.07, 6.45) is 1.45. The van der Waals surface area contributed by atoms with Gasteiger partial charge in [0.05, 0.1) is 25.5 Å². The fourth-order valence-corrected chi connectivity index (χ4v) is 2.57. The van der Waals surface area contributed by atoms with Gasteiger partial charge in [0.25, 0.3) is 5.91 Å². The van der Waals surface area contributed by atoms with Crippen LogP contribution in [0.1, 0.15) is 15.9 Å². The Morgan fingerprint density at radius 3 is 2.57 bits per heavy atom. The first-order valence-corrected chi connectivity index (χ1v) is 8.01. The van der Waals surface area contributed by atoms with Gasteiger partial charge in [0.1, 0.15) is 0 Å². The van der Waals surface area contributed by atoms with E-state index in [9.17, 15) is 4.79 Å². The molecule has 7 heteroatoms. The van der Waals surface area contributed by atoms with Gasteiger partial charge in [-0.3, -0.25) is 4.79 Å². The third-order valence-corrected chi connectivity index (χ3v) is 3.96. The lowest BCUT2D eigenvalue weighted by Gasteiger charge is -2.09. The van der Waals surface area contributed by atoms with Crippen LogP contribution in [0.15, 0.2) is 41.5 Å². The molecule has 0 saturated heterocycles. The van der Waals surface area contributed by atoms with E-state index in [1.807, 2.05) is 12.1 Å². The minimum atomic E-state index is -0.295. The number of hydrazone groups is 1. The number of nitrogens with zero attached hydrogens (tertiary/aromatic N) is 1. The van der Waals surface area contributed by atoms with Crippen LogP contribution in [0.5, 0.6) is 11.5 Å². The molecule has 5 nitrogen and oxygen atoms in total. The molecule has 0 saturated carbocycles. The Labute approximate surface area is 152 Å². The van der Waals surface area contributed by atoms with E-state index in [2.05, 4.69) is 33.1 Å². The molecular weight excluding hydrogens is 431 g/mol. The number of nitrogens with one attached hydrogen (secondary N) is 1. The summed E-state index contributed by atoms with van der Waals surface area (Å²) in [6, 6.07) is 10.5. The molecule has 23 heavy (non-hydrogen) atoms. The number of carbonyl (C=O) groups is 1. The smallest absolute Gasteiger partial charge is 0.271 e. The Morgan fingerprint density at radius 2 is 1.91 bits per heavy atom. The quantitative estimate of drug-likeness (QED) is 0.434. The summed E-state index contributed by atoms with van der Waals surface area (Å²) in [4.78, 5) is 12.0. The Balaban J connectivity index is 2.13. The third-order valence-electron chi connectivity index (χ3n) is 2.96. The first-order valence-electron chi connectivity index (χ1n) is 6.55. The molecule has 120 valence electrons. The molecule has 1 N–H and O–H groups in total. The van der Waals surface area contributed by atoms with Crippen molar-refractivity contribution in [3.05, 3.63) is 56.1 Å². The van der Waals surface area contributed by atoms with Crippen LogP contribution in [0.4, 0.5) is 0 Å². The largest absolute Gasteiger partial charge is 0.493 e. The number of amides is 1. The van der Waals surface area contributed by atoms with Gasteiger partial charge >= 0.3 is 0 Å². The number of rotatable bonds is 5. The van der Waals surface area contributed by atoms with E-state index in [-0.39, 0.29) is 5.91 Å². The number of benzene rings is 2. The lowest BCUT2D eigenvalue weighted by atomic mass is 10.2. The van der Waals surface area contributed by atoms with Gasteiger partial charge in [-0.2, -0.15) is 5.10 Å². The van der Waals surface area contributed by atoms with Gasteiger partial charge in [-0.25, -0.2) is 5.43 Å². The van der Waals surface area contributed by atoms with Gasteiger partial charge in [0, 0.05) is 20.8 Å². The van der Waals surface area contributed by atoms with Gasteiger partial charge in [-0.05, 0) is 46.9 Å². The molecule has 0 bridgehead atoms. The molecular formula is C16H14ClIN2O3. The van der Waals surface area contributed by atoms with E-state index in [4.69, 9.17) is 21.1 Å². The third kappa shape index (κ3) is 4.59. The monoisotopic (exact) mass is 444 g/mol. The van der Waals surface area contributed by atoms with Crippen molar-refractivity contribution in [2.24, 2.45) is 5.10 Å². The molecule has 0 aliphatic heterocycles. The van der Waals surface area contributed by atoms with Gasteiger partial charge in [0.2, 0.25) is 0 Å². The minimum absolute atomic E-state index is 0.295. The maximum Gasteiger partial charge on any atom is 0.271 e. The number of ether oxygens (including phenoxy) is 2. The van der Waals surface area contributed by atoms with Crippen LogP contribution in [0.3, 0.4) is 0 Å². The SMILES string of the molecule is COc1cc(Cl)c(/C=N\NC(=O)c2cccc(I)c2)cc1OC. The summed E-state index contributed by atoms with van der Waals surface area (Å²) in [6.45, 7) is 0. The maximum absolute atomic E-state index is 12.0. The summed E-state index contributed by atoms with van der Waals surface area (Å²) in [5.74, 6) is 0.760. The zero-order valence-corrected chi connectivity index (χ0v) is 15.4. The second-order valence-electron chi connectivity index (χ2n) is 4.44. The zero-order chi connectivity index (χ0) is 16.8. The Hall–Kier alpha value is -1.80. The van der Waals surface area contributed by atoms with Crippen LogP contribution in [-0.4, -0.2) is 26.3 Å². The van der Waals surface area contributed by atoms with E-state index in [0.29, 0.717) is 27.6 Å². The molecule has 0 aromatic heterocycles. The fourth-order valence-electron chi connectivity index (χ4n) is 1.82. The highest BCUT2D eigenvalue weighted by Gasteiger charge is 2.09. The van der Waals surface area contributed by atoms with Crippen molar-refractivity contribution in [1.29, 1.82) is 0 Å². The van der Waals surface area contributed by atoms with Crippen molar-refractivity contribution in [3.8, 4) is 11.5 Å². The van der Waals surface area contributed by atoms with Crippen molar-refractivity contribution < 1.29 is 14.3 Å². The molecule has 0 atom stereocenters. The maximum atomic E-state index is 12.0. The molecule has 0 heterocycles. The number of halogens is 2. The van der Waals surface area contributed by atoms with E-state index < -0.39 is 0 Å². The molecule has 0 aliphatic carbocycles. The van der Waals surface area contributed by atoms with Crippen LogP contribution >= 0.6 is 34.2 Å². The first-order chi connectivity index (χ1) is 11.0. The van der Waals surface area contributed by atoms with Crippen LogP contribution in [0, 0.1) is 3.57 Å². The van der Waals surface area contributed by atoms with Crippen molar-refractivity contribution in [3.63, 3.8) is 0 Å². The van der Waals surface area contributed by atoms with Crippen LogP contribution in [0.2, 0.25) is 5.02 Å². The number of hydrogen-bond acceptors (Lipinski definition) is 4. The topological polar surface area (TPSA) is 59.9 Å². The summed E-state index contributed by atoms with van der Waals surface area (Å²) >= 11 is 8.29. The van der Waals surface area contributed by atoms with E-state index in [0.717, 1.165) is 3.57 Å². The molecule has 2 aromatic rings. The van der Waals surface area contributed by atoms with Crippen molar-refractivity contribution in [2.75, 3.05) is 14.2 Å². The van der Waals surface area contributed by atoms with Crippen LogP contribution in [-0.2, 0) is 0 Å².